The minimum atomic E-state index is -0.947. The van der Waals surface area contributed by atoms with Crippen molar-refractivity contribution in [1.82, 2.24) is 10.2 Å². The predicted octanol–water partition coefficient (Wildman–Crippen LogP) is 2.46. The van der Waals surface area contributed by atoms with E-state index in [1.165, 1.54) is 37.6 Å². The highest BCUT2D eigenvalue weighted by atomic mass is 16.5. The van der Waals surface area contributed by atoms with E-state index in [4.69, 9.17) is 4.74 Å². The van der Waals surface area contributed by atoms with Gasteiger partial charge < -0.3 is 10.1 Å². The quantitative estimate of drug-likeness (QED) is 0.462. The maximum absolute atomic E-state index is 12.4. The molecule has 1 aromatic carbocycles. The second-order valence-electron chi connectivity index (χ2n) is 7.16. The van der Waals surface area contributed by atoms with Crippen molar-refractivity contribution in [3.05, 3.63) is 47.5 Å². The molecule has 1 atom stereocenters. The summed E-state index contributed by atoms with van der Waals surface area (Å²) >= 11 is 0. The van der Waals surface area contributed by atoms with Crippen LogP contribution in [0.25, 0.3) is 0 Å². The average molecular weight is 384 g/mol. The van der Waals surface area contributed by atoms with Crippen LogP contribution >= 0.6 is 0 Å². The Morgan fingerprint density at radius 2 is 1.89 bits per heavy atom. The lowest BCUT2D eigenvalue weighted by molar-refractivity contribution is -0.130. The topological polar surface area (TPSA) is 92.8 Å². The molecule has 3 rings (SSSR count). The number of nitrogens with one attached hydrogen (secondary N) is 1. The zero-order valence-electron chi connectivity index (χ0n) is 15.9. The van der Waals surface area contributed by atoms with Crippen LogP contribution < -0.4 is 5.32 Å². The number of esters is 1. The van der Waals surface area contributed by atoms with Crippen LogP contribution in [-0.2, 0) is 9.53 Å². The molecule has 1 aromatic rings. The minimum absolute atomic E-state index is 0.102. The SMILES string of the molecule is C=CCN1C(=O)c2ccc(C(=O)OC(C)C(=O)NC3CCCCC3)cc2C1=O. The van der Waals surface area contributed by atoms with Crippen LogP contribution in [-0.4, -0.2) is 47.3 Å². The van der Waals surface area contributed by atoms with Crippen LogP contribution in [0.1, 0.15) is 70.1 Å². The summed E-state index contributed by atoms with van der Waals surface area (Å²) in [4.78, 5) is 50.3. The predicted molar refractivity (Wildman–Crippen MR) is 102 cm³/mol. The van der Waals surface area contributed by atoms with Gasteiger partial charge in [0.05, 0.1) is 16.7 Å². The van der Waals surface area contributed by atoms with E-state index >= 15 is 0 Å². The molecule has 0 bridgehead atoms. The second-order valence-corrected chi connectivity index (χ2v) is 7.16. The van der Waals surface area contributed by atoms with Crippen LogP contribution in [0.3, 0.4) is 0 Å². The molecule has 1 aliphatic carbocycles. The number of imide groups is 1. The van der Waals surface area contributed by atoms with E-state index in [9.17, 15) is 19.2 Å². The summed E-state index contributed by atoms with van der Waals surface area (Å²) < 4.78 is 5.26. The molecule has 1 heterocycles. The highest BCUT2D eigenvalue weighted by Crippen LogP contribution is 2.24. The van der Waals surface area contributed by atoms with Gasteiger partial charge in [-0.2, -0.15) is 0 Å². The molecule has 7 nitrogen and oxygen atoms in total. The highest BCUT2D eigenvalue weighted by Gasteiger charge is 2.35. The summed E-state index contributed by atoms with van der Waals surface area (Å²) in [7, 11) is 0. The summed E-state index contributed by atoms with van der Waals surface area (Å²) in [6, 6.07) is 4.33. The lowest BCUT2D eigenvalue weighted by atomic mass is 9.95. The molecule has 28 heavy (non-hydrogen) atoms. The number of fused-ring (bicyclic) bond motifs is 1. The van der Waals surface area contributed by atoms with E-state index in [1.807, 2.05) is 0 Å². The van der Waals surface area contributed by atoms with Gasteiger partial charge in [-0.1, -0.05) is 25.3 Å². The third-order valence-corrected chi connectivity index (χ3v) is 5.12. The zero-order chi connectivity index (χ0) is 20.3. The summed E-state index contributed by atoms with van der Waals surface area (Å²) in [5, 5.41) is 2.92. The van der Waals surface area contributed by atoms with Gasteiger partial charge >= 0.3 is 5.97 Å². The lowest BCUT2D eigenvalue weighted by Gasteiger charge is -2.24. The van der Waals surface area contributed by atoms with Gasteiger partial charge in [0.2, 0.25) is 0 Å². The number of nitrogens with zero attached hydrogens (tertiary/aromatic N) is 1. The van der Waals surface area contributed by atoms with Crippen molar-refractivity contribution in [2.75, 3.05) is 6.54 Å². The van der Waals surface area contributed by atoms with E-state index in [2.05, 4.69) is 11.9 Å². The van der Waals surface area contributed by atoms with Crippen molar-refractivity contribution in [3.8, 4) is 0 Å². The molecular weight excluding hydrogens is 360 g/mol. The third kappa shape index (κ3) is 3.98. The average Bonchev–Trinajstić information content (AvgIpc) is 2.93. The number of benzene rings is 1. The first-order valence-electron chi connectivity index (χ1n) is 9.55. The van der Waals surface area contributed by atoms with E-state index in [1.54, 1.807) is 0 Å². The molecule has 3 amide bonds. The van der Waals surface area contributed by atoms with Crippen LogP contribution in [0, 0.1) is 0 Å². The molecule has 0 aromatic heterocycles. The van der Waals surface area contributed by atoms with Crippen molar-refractivity contribution in [2.45, 2.75) is 51.2 Å². The Kier molecular flexibility index (Phi) is 5.92. The Morgan fingerprint density at radius 3 is 2.57 bits per heavy atom. The number of rotatable bonds is 6. The monoisotopic (exact) mass is 384 g/mol. The van der Waals surface area contributed by atoms with Gasteiger partial charge in [0.15, 0.2) is 6.10 Å². The minimum Gasteiger partial charge on any atom is -0.449 e. The van der Waals surface area contributed by atoms with Gasteiger partial charge in [-0.05, 0) is 38.0 Å². The number of hydrogen-bond acceptors (Lipinski definition) is 5. The second kappa shape index (κ2) is 8.37. The van der Waals surface area contributed by atoms with Crippen LogP contribution in [0.4, 0.5) is 0 Å². The van der Waals surface area contributed by atoms with Crippen molar-refractivity contribution >= 4 is 23.7 Å². The summed E-state index contributed by atoms with van der Waals surface area (Å²) in [6.07, 6.45) is 5.75. The first-order valence-corrected chi connectivity index (χ1v) is 9.55. The summed E-state index contributed by atoms with van der Waals surface area (Å²) in [5.74, 6) is -1.93. The Morgan fingerprint density at radius 1 is 1.21 bits per heavy atom. The fourth-order valence-electron chi connectivity index (χ4n) is 3.56. The standard InChI is InChI=1S/C21H24N2O5/c1-3-11-23-19(25)16-10-9-14(12-17(16)20(23)26)21(27)28-13(2)18(24)22-15-7-5-4-6-8-15/h3,9-10,12-13,15H,1,4-8,11H2,2H3,(H,22,24). The van der Waals surface area contributed by atoms with Gasteiger partial charge in [-0.15, -0.1) is 6.58 Å². The summed E-state index contributed by atoms with van der Waals surface area (Å²) in [5.41, 5.74) is 0.518. The molecular formula is C21H24N2O5. The fraction of sp³-hybridized carbons (Fsp3) is 0.429. The number of carbonyl (C=O) groups excluding carboxylic acids is 4. The molecule has 0 saturated heterocycles. The number of carbonyl (C=O) groups is 4. The molecule has 1 saturated carbocycles. The largest absolute Gasteiger partial charge is 0.449 e. The Hall–Kier alpha value is -2.96. The van der Waals surface area contributed by atoms with Crippen LogP contribution in [0.5, 0.6) is 0 Å². The molecule has 0 radical (unpaired) electrons. The molecule has 1 N–H and O–H groups in total. The molecule has 7 heteroatoms. The van der Waals surface area contributed by atoms with Crippen molar-refractivity contribution < 1.29 is 23.9 Å². The molecule has 1 fully saturated rings. The Bertz CT molecular complexity index is 826. The number of ether oxygens (including phenoxy) is 1. The molecule has 1 aliphatic heterocycles. The normalized spacial score (nSPS) is 17.8. The Balaban J connectivity index is 1.65. The van der Waals surface area contributed by atoms with Gasteiger partial charge in [0.1, 0.15) is 0 Å². The van der Waals surface area contributed by atoms with Crippen molar-refractivity contribution in [3.63, 3.8) is 0 Å². The maximum Gasteiger partial charge on any atom is 0.338 e. The first-order chi connectivity index (χ1) is 13.4. The molecule has 0 spiro atoms. The van der Waals surface area contributed by atoms with Crippen molar-refractivity contribution in [1.29, 1.82) is 0 Å². The van der Waals surface area contributed by atoms with Crippen molar-refractivity contribution in [2.24, 2.45) is 0 Å². The number of hydrogen-bond donors (Lipinski definition) is 1. The van der Waals surface area contributed by atoms with Gasteiger partial charge in [0.25, 0.3) is 17.7 Å². The van der Waals surface area contributed by atoms with E-state index in [0.29, 0.717) is 0 Å². The third-order valence-electron chi connectivity index (χ3n) is 5.12. The zero-order valence-corrected chi connectivity index (χ0v) is 15.9. The van der Waals surface area contributed by atoms with Crippen LogP contribution in [0.2, 0.25) is 0 Å². The van der Waals surface area contributed by atoms with E-state index in [-0.39, 0.29) is 35.2 Å². The molecule has 148 valence electrons. The van der Waals surface area contributed by atoms with Crippen LogP contribution in [0.15, 0.2) is 30.9 Å². The maximum atomic E-state index is 12.4. The lowest BCUT2D eigenvalue weighted by Crippen LogP contribution is -2.42. The summed E-state index contributed by atoms with van der Waals surface area (Å²) in [6.45, 7) is 5.15. The van der Waals surface area contributed by atoms with Gasteiger partial charge in [-0.3, -0.25) is 19.3 Å². The molecule has 2 aliphatic rings. The highest BCUT2D eigenvalue weighted by molar-refractivity contribution is 6.22. The Labute approximate surface area is 163 Å². The van der Waals surface area contributed by atoms with E-state index in [0.717, 1.165) is 30.6 Å². The smallest absolute Gasteiger partial charge is 0.338 e. The first kappa shape index (κ1) is 19.8. The molecule has 1 unspecified atom stereocenters. The van der Waals surface area contributed by atoms with Gasteiger partial charge in [0, 0.05) is 12.6 Å². The van der Waals surface area contributed by atoms with E-state index < -0.39 is 23.9 Å². The number of amides is 3. The fourth-order valence-corrected chi connectivity index (χ4v) is 3.56. The van der Waals surface area contributed by atoms with Gasteiger partial charge in [-0.25, -0.2) is 4.79 Å².